The van der Waals surface area contributed by atoms with Crippen molar-refractivity contribution in [3.05, 3.63) is 53.1 Å². The summed E-state index contributed by atoms with van der Waals surface area (Å²) in [4.78, 5) is 19.7. The normalized spacial score (nSPS) is 16.7. The molecular formula is C17H16F3N3O2. The summed E-state index contributed by atoms with van der Waals surface area (Å²) >= 11 is 0. The van der Waals surface area contributed by atoms with E-state index in [9.17, 15) is 18.0 Å². The Balaban J connectivity index is 1.64. The number of amides is 1. The first kappa shape index (κ1) is 17.2. The van der Waals surface area contributed by atoms with Gasteiger partial charge in [0.05, 0.1) is 12.5 Å². The summed E-state index contributed by atoms with van der Waals surface area (Å²) < 4.78 is 43.9. The van der Waals surface area contributed by atoms with Gasteiger partial charge in [0.1, 0.15) is 23.9 Å². The van der Waals surface area contributed by atoms with E-state index in [-0.39, 0.29) is 30.6 Å². The third-order valence-electron chi connectivity index (χ3n) is 3.86. The van der Waals surface area contributed by atoms with Gasteiger partial charge < -0.3 is 10.1 Å². The summed E-state index contributed by atoms with van der Waals surface area (Å²) in [6.45, 7) is 1.52. The van der Waals surface area contributed by atoms with E-state index in [0.29, 0.717) is 6.42 Å². The van der Waals surface area contributed by atoms with Crippen LogP contribution in [0.25, 0.3) is 0 Å². The summed E-state index contributed by atoms with van der Waals surface area (Å²) in [6.07, 6.45) is -4.03. The Morgan fingerprint density at radius 2 is 2.08 bits per heavy atom. The topological polar surface area (TPSA) is 64.1 Å². The quantitative estimate of drug-likeness (QED) is 0.923. The van der Waals surface area contributed by atoms with Crippen LogP contribution in [0.3, 0.4) is 0 Å². The number of fused-ring (bicyclic) bond motifs is 1. The van der Waals surface area contributed by atoms with Crippen LogP contribution in [0, 0.1) is 12.8 Å². The summed E-state index contributed by atoms with van der Waals surface area (Å²) in [7, 11) is 0. The molecule has 25 heavy (non-hydrogen) atoms. The molecule has 2 aromatic rings. The van der Waals surface area contributed by atoms with Crippen LogP contribution >= 0.6 is 0 Å². The lowest BCUT2D eigenvalue weighted by Gasteiger charge is -2.24. The fourth-order valence-electron chi connectivity index (χ4n) is 2.66. The predicted octanol–water partition coefficient (Wildman–Crippen LogP) is 2.67. The molecule has 0 spiro atoms. The largest absolute Gasteiger partial charge is 0.492 e. The minimum atomic E-state index is -4.55. The van der Waals surface area contributed by atoms with Crippen molar-refractivity contribution in [1.29, 1.82) is 0 Å². The Bertz CT molecular complexity index is 793. The van der Waals surface area contributed by atoms with E-state index in [0.717, 1.165) is 17.4 Å². The number of aromatic nitrogens is 2. The Hall–Kier alpha value is -2.64. The number of benzene rings is 1. The van der Waals surface area contributed by atoms with E-state index in [1.54, 1.807) is 0 Å². The molecular weight excluding hydrogens is 335 g/mol. The van der Waals surface area contributed by atoms with Gasteiger partial charge in [0.25, 0.3) is 0 Å². The second-order valence-corrected chi connectivity index (χ2v) is 5.85. The number of ether oxygens (including phenoxy) is 1. The standard InChI is InChI=1S/C17H16F3N3O2/c1-10-6-14(17(18,19)20)23-15(22-10)8-21-16(24)12-7-11-4-2-3-5-13(11)25-9-12/h2-6,12H,7-9H2,1H3,(H,21,24). The highest BCUT2D eigenvalue weighted by molar-refractivity contribution is 5.79. The summed E-state index contributed by atoms with van der Waals surface area (Å²) in [5, 5.41) is 2.59. The zero-order valence-electron chi connectivity index (χ0n) is 13.4. The molecule has 2 heterocycles. The molecule has 0 saturated heterocycles. The average Bonchev–Trinajstić information content (AvgIpc) is 2.58. The molecule has 1 N–H and O–H groups in total. The number of para-hydroxylation sites is 1. The van der Waals surface area contributed by atoms with E-state index in [1.807, 2.05) is 24.3 Å². The predicted molar refractivity (Wildman–Crippen MR) is 82.7 cm³/mol. The van der Waals surface area contributed by atoms with Gasteiger partial charge >= 0.3 is 6.18 Å². The van der Waals surface area contributed by atoms with Crippen LogP contribution in [-0.4, -0.2) is 22.5 Å². The number of aryl methyl sites for hydroxylation is 1. The SMILES string of the molecule is Cc1cc(C(F)(F)F)nc(CNC(=O)C2COc3ccccc3C2)n1. The van der Waals surface area contributed by atoms with Crippen LogP contribution in [0.15, 0.2) is 30.3 Å². The van der Waals surface area contributed by atoms with Gasteiger partial charge in [0, 0.05) is 5.69 Å². The minimum absolute atomic E-state index is 0.0715. The fourth-order valence-corrected chi connectivity index (χ4v) is 2.66. The van der Waals surface area contributed by atoms with E-state index in [4.69, 9.17) is 4.74 Å². The molecule has 1 unspecified atom stereocenters. The number of nitrogens with one attached hydrogen (secondary N) is 1. The van der Waals surface area contributed by atoms with E-state index in [2.05, 4.69) is 15.3 Å². The molecule has 3 rings (SSSR count). The maximum Gasteiger partial charge on any atom is 0.433 e. The van der Waals surface area contributed by atoms with Gasteiger partial charge in [0.15, 0.2) is 0 Å². The second-order valence-electron chi connectivity index (χ2n) is 5.85. The molecule has 1 atom stereocenters. The summed E-state index contributed by atoms with van der Waals surface area (Å²) in [5.74, 6) is -0.0175. The van der Waals surface area contributed by atoms with Gasteiger partial charge in [-0.2, -0.15) is 13.2 Å². The van der Waals surface area contributed by atoms with E-state index < -0.39 is 17.8 Å². The highest BCUT2D eigenvalue weighted by Crippen LogP contribution is 2.28. The van der Waals surface area contributed by atoms with Crippen LogP contribution in [0.5, 0.6) is 5.75 Å². The highest BCUT2D eigenvalue weighted by Gasteiger charge is 2.33. The van der Waals surface area contributed by atoms with Crippen molar-refractivity contribution >= 4 is 5.91 Å². The second kappa shape index (κ2) is 6.70. The first-order chi connectivity index (χ1) is 11.8. The number of hydrogen-bond donors (Lipinski definition) is 1. The molecule has 0 radical (unpaired) electrons. The van der Waals surface area contributed by atoms with Crippen molar-refractivity contribution < 1.29 is 22.7 Å². The van der Waals surface area contributed by atoms with Gasteiger partial charge in [-0.25, -0.2) is 9.97 Å². The molecule has 1 amide bonds. The third-order valence-corrected chi connectivity index (χ3v) is 3.86. The lowest BCUT2D eigenvalue weighted by Crippen LogP contribution is -2.37. The Labute approximate surface area is 142 Å². The number of halogens is 3. The zero-order chi connectivity index (χ0) is 18.0. The fraction of sp³-hybridized carbons (Fsp3) is 0.353. The maximum atomic E-state index is 12.8. The number of carbonyl (C=O) groups excluding carboxylic acids is 1. The van der Waals surface area contributed by atoms with Crippen LogP contribution in [-0.2, 0) is 23.9 Å². The van der Waals surface area contributed by atoms with E-state index >= 15 is 0 Å². The van der Waals surface area contributed by atoms with Gasteiger partial charge in [0.2, 0.25) is 5.91 Å². The molecule has 1 aliphatic rings. The average molecular weight is 351 g/mol. The molecule has 5 nitrogen and oxygen atoms in total. The van der Waals surface area contributed by atoms with Crippen LogP contribution < -0.4 is 10.1 Å². The third kappa shape index (κ3) is 4.07. The van der Waals surface area contributed by atoms with Crippen LogP contribution in [0.2, 0.25) is 0 Å². The van der Waals surface area contributed by atoms with Crippen LogP contribution in [0.1, 0.15) is 22.8 Å². The molecule has 0 aliphatic carbocycles. The van der Waals surface area contributed by atoms with Crippen molar-refractivity contribution in [3.63, 3.8) is 0 Å². The van der Waals surface area contributed by atoms with Crippen molar-refractivity contribution in [2.45, 2.75) is 26.1 Å². The maximum absolute atomic E-state index is 12.8. The van der Waals surface area contributed by atoms with Gasteiger partial charge in [-0.15, -0.1) is 0 Å². The summed E-state index contributed by atoms with van der Waals surface area (Å²) in [5.41, 5.74) is 0.112. The number of alkyl halides is 3. The first-order valence-corrected chi connectivity index (χ1v) is 7.73. The minimum Gasteiger partial charge on any atom is -0.492 e. The molecule has 132 valence electrons. The lowest BCUT2D eigenvalue weighted by atomic mass is 9.96. The monoisotopic (exact) mass is 351 g/mol. The van der Waals surface area contributed by atoms with Gasteiger partial charge in [-0.05, 0) is 31.0 Å². The van der Waals surface area contributed by atoms with Crippen LogP contribution in [0.4, 0.5) is 13.2 Å². The lowest BCUT2D eigenvalue weighted by molar-refractivity contribution is -0.141. The molecule has 1 aromatic carbocycles. The number of nitrogens with zero attached hydrogens (tertiary/aromatic N) is 2. The number of rotatable bonds is 3. The zero-order valence-corrected chi connectivity index (χ0v) is 13.4. The van der Waals surface area contributed by atoms with Crippen molar-refractivity contribution in [2.24, 2.45) is 5.92 Å². The first-order valence-electron chi connectivity index (χ1n) is 7.73. The number of carbonyl (C=O) groups is 1. The Morgan fingerprint density at radius 1 is 1.32 bits per heavy atom. The molecule has 1 aliphatic heterocycles. The Morgan fingerprint density at radius 3 is 2.84 bits per heavy atom. The van der Waals surface area contributed by atoms with Gasteiger partial charge in [-0.3, -0.25) is 4.79 Å². The molecule has 8 heteroatoms. The highest BCUT2D eigenvalue weighted by atomic mass is 19.4. The smallest absolute Gasteiger partial charge is 0.433 e. The van der Waals surface area contributed by atoms with Crippen molar-refractivity contribution in [3.8, 4) is 5.75 Å². The van der Waals surface area contributed by atoms with Crippen molar-refractivity contribution in [2.75, 3.05) is 6.61 Å². The summed E-state index contributed by atoms with van der Waals surface area (Å²) in [6, 6.07) is 8.31. The molecule has 0 fully saturated rings. The molecule has 0 saturated carbocycles. The Kier molecular flexibility index (Phi) is 4.61. The van der Waals surface area contributed by atoms with E-state index in [1.165, 1.54) is 6.92 Å². The number of hydrogen-bond acceptors (Lipinski definition) is 4. The van der Waals surface area contributed by atoms with Crippen molar-refractivity contribution in [1.82, 2.24) is 15.3 Å². The molecule has 0 bridgehead atoms. The molecule has 1 aromatic heterocycles. The van der Waals surface area contributed by atoms with Gasteiger partial charge in [-0.1, -0.05) is 18.2 Å².